The molecule has 0 unspecified atom stereocenters. The van der Waals surface area contributed by atoms with Crippen LogP contribution >= 0.6 is 17.0 Å². The van der Waals surface area contributed by atoms with Crippen LogP contribution in [0, 0.1) is 0 Å². The molecule has 1 aromatic rings. The Kier molecular flexibility index (Phi) is 3.62. The lowest BCUT2D eigenvalue weighted by Gasteiger charge is -2.17. The molecule has 0 saturated heterocycles. The first kappa shape index (κ1) is 12.3. The minimum absolute atomic E-state index is 0. The molecule has 1 aliphatic carbocycles. The predicted octanol–water partition coefficient (Wildman–Crippen LogP) is 1.70. The molecular weight excluding hydrogens is 258 g/mol. The lowest BCUT2D eigenvalue weighted by molar-refractivity contribution is 0.303. The van der Waals surface area contributed by atoms with Gasteiger partial charge >= 0.3 is 0 Å². The van der Waals surface area contributed by atoms with Gasteiger partial charge in [-0.15, -0.1) is 17.0 Å². The van der Waals surface area contributed by atoms with Gasteiger partial charge in [-0.05, 0) is 50.2 Å². The van der Waals surface area contributed by atoms with Crippen LogP contribution in [0.4, 0.5) is 0 Å². The van der Waals surface area contributed by atoms with Crippen LogP contribution in [0.1, 0.15) is 11.1 Å². The first-order chi connectivity index (χ1) is 6.58. The fourth-order valence-corrected chi connectivity index (χ4v) is 1.99. The summed E-state index contributed by atoms with van der Waals surface area (Å²) in [7, 11) is 4.10. The summed E-state index contributed by atoms with van der Waals surface area (Å²) in [6.07, 6.45) is 1.91. The molecule has 0 saturated carbocycles. The number of nitrogens with zero attached hydrogens (tertiary/aromatic N) is 1. The zero-order valence-electron chi connectivity index (χ0n) is 8.90. The van der Waals surface area contributed by atoms with Gasteiger partial charge in [0.25, 0.3) is 0 Å². The van der Waals surface area contributed by atoms with Crippen molar-refractivity contribution in [3.63, 3.8) is 0 Å². The number of phenolic OH excluding ortho intramolecular Hbond substituents is 2. The molecule has 1 aromatic carbocycles. The lowest BCUT2D eigenvalue weighted by atomic mass is 10.1. The van der Waals surface area contributed by atoms with Crippen molar-refractivity contribution < 1.29 is 10.2 Å². The van der Waals surface area contributed by atoms with E-state index < -0.39 is 0 Å². The second-order valence-electron chi connectivity index (χ2n) is 4.14. The second kappa shape index (κ2) is 4.41. The molecule has 1 aliphatic rings. The van der Waals surface area contributed by atoms with E-state index in [2.05, 4.69) is 19.0 Å². The molecule has 4 heteroatoms. The van der Waals surface area contributed by atoms with Crippen LogP contribution in [-0.4, -0.2) is 35.3 Å². The maximum atomic E-state index is 9.34. The van der Waals surface area contributed by atoms with Crippen molar-refractivity contribution in [3.8, 4) is 11.5 Å². The average molecular weight is 274 g/mol. The molecule has 0 radical (unpaired) electrons. The van der Waals surface area contributed by atoms with E-state index in [0.717, 1.165) is 24.0 Å². The number of aromatic hydroxyl groups is 2. The molecule has 0 heterocycles. The summed E-state index contributed by atoms with van der Waals surface area (Å²) >= 11 is 0. The number of halogens is 1. The smallest absolute Gasteiger partial charge is 0.157 e. The molecule has 2 N–H and O–H groups in total. The first-order valence-corrected chi connectivity index (χ1v) is 4.78. The van der Waals surface area contributed by atoms with Crippen molar-refractivity contribution >= 4 is 17.0 Å². The molecule has 0 fully saturated rings. The van der Waals surface area contributed by atoms with Crippen molar-refractivity contribution in [1.82, 2.24) is 4.90 Å². The largest absolute Gasteiger partial charge is 0.504 e. The minimum atomic E-state index is -0.0110. The third-order valence-electron chi connectivity index (χ3n) is 2.94. The van der Waals surface area contributed by atoms with Crippen LogP contribution in [0.15, 0.2) is 12.1 Å². The summed E-state index contributed by atoms with van der Waals surface area (Å²) in [6, 6.07) is 3.84. The highest BCUT2D eigenvalue weighted by Crippen LogP contribution is 2.34. The van der Waals surface area contributed by atoms with E-state index in [0.29, 0.717) is 6.04 Å². The highest BCUT2D eigenvalue weighted by atomic mass is 79.9. The van der Waals surface area contributed by atoms with Crippen molar-refractivity contribution in [2.24, 2.45) is 0 Å². The Morgan fingerprint density at radius 3 is 1.80 bits per heavy atom. The zero-order chi connectivity index (χ0) is 10.3. The highest BCUT2D eigenvalue weighted by molar-refractivity contribution is 8.93. The number of hydrogen-bond acceptors (Lipinski definition) is 3. The summed E-state index contributed by atoms with van der Waals surface area (Å²) in [5.41, 5.74) is 2.30. The van der Waals surface area contributed by atoms with E-state index in [1.807, 2.05) is 0 Å². The molecule has 2 rings (SSSR count). The number of phenols is 2. The van der Waals surface area contributed by atoms with Gasteiger partial charge in [-0.2, -0.15) is 0 Å². The third kappa shape index (κ3) is 2.26. The molecule has 0 bridgehead atoms. The van der Waals surface area contributed by atoms with Gasteiger partial charge in [0.2, 0.25) is 0 Å². The van der Waals surface area contributed by atoms with Crippen LogP contribution in [-0.2, 0) is 12.8 Å². The van der Waals surface area contributed by atoms with Gasteiger partial charge in [0, 0.05) is 6.04 Å². The number of fused-ring (bicyclic) bond motifs is 1. The molecule has 0 aromatic heterocycles. The van der Waals surface area contributed by atoms with Crippen molar-refractivity contribution in [1.29, 1.82) is 0 Å². The number of likely N-dealkylation sites (N-methyl/N-ethyl adjacent to an activating group) is 1. The van der Waals surface area contributed by atoms with E-state index >= 15 is 0 Å². The molecular formula is C11H16BrNO2. The summed E-state index contributed by atoms with van der Waals surface area (Å²) in [4.78, 5) is 2.17. The van der Waals surface area contributed by atoms with E-state index in [1.54, 1.807) is 12.1 Å². The quantitative estimate of drug-likeness (QED) is 0.766. The van der Waals surface area contributed by atoms with Gasteiger partial charge in [-0.25, -0.2) is 0 Å². The normalized spacial score (nSPS) is 15.1. The van der Waals surface area contributed by atoms with Crippen molar-refractivity contribution in [2.75, 3.05) is 14.1 Å². The zero-order valence-corrected chi connectivity index (χ0v) is 10.6. The molecule has 84 valence electrons. The second-order valence-corrected chi connectivity index (χ2v) is 4.14. The predicted molar refractivity (Wildman–Crippen MR) is 65.0 cm³/mol. The van der Waals surface area contributed by atoms with Crippen LogP contribution in [0.5, 0.6) is 11.5 Å². The van der Waals surface area contributed by atoms with Gasteiger partial charge in [-0.1, -0.05) is 0 Å². The Labute approximate surface area is 100 Å². The fraction of sp³-hybridized carbons (Fsp3) is 0.455. The average Bonchev–Trinajstić information content (AvgIpc) is 2.48. The lowest BCUT2D eigenvalue weighted by Crippen LogP contribution is -2.27. The summed E-state index contributed by atoms with van der Waals surface area (Å²) in [5.74, 6) is -0.0219. The standard InChI is InChI=1S/C11H15NO2.BrH/c1-12(2)9-3-7-5-10(13)11(14)6-8(7)4-9;/h5-6,9,13-14H,3-4H2,1-2H3;1H. The van der Waals surface area contributed by atoms with Crippen LogP contribution < -0.4 is 0 Å². The Morgan fingerprint density at radius 1 is 1.07 bits per heavy atom. The van der Waals surface area contributed by atoms with Crippen LogP contribution in [0.25, 0.3) is 0 Å². The van der Waals surface area contributed by atoms with E-state index in [4.69, 9.17) is 0 Å². The number of benzene rings is 1. The van der Waals surface area contributed by atoms with Gasteiger partial charge in [-0.3, -0.25) is 0 Å². The molecule has 0 spiro atoms. The topological polar surface area (TPSA) is 43.7 Å². The number of hydrogen-bond donors (Lipinski definition) is 2. The van der Waals surface area contributed by atoms with E-state index in [9.17, 15) is 10.2 Å². The Morgan fingerprint density at radius 2 is 1.47 bits per heavy atom. The summed E-state index contributed by atoms with van der Waals surface area (Å²) in [5, 5.41) is 18.7. The maximum absolute atomic E-state index is 9.34. The molecule has 0 atom stereocenters. The fourth-order valence-electron chi connectivity index (χ4n) is 1.99. The number of rotatable bonds is 1. The first-order valence-electron chi connectivity index (χ1n) is 4.78. The molecule has 0 aliphatic heterocycles. The van der Waals surface area contributed by atoms with Crippen molar-refractivity contribution in [2.45, 2.75) is 18.9 Å². The van der Waals surface area contributed by atoms with E-state index in [-0.39, 0.29) is 28.5 Å². The third-order valence-corrected chi connectivity index (χ3v) is 2.94. The SMILES string of the molecule is Br.CN(C)C1Cc2cc(O)c(O)cc2C1. The van der Waals surface area contributed by atoms with Gasteiger partial charge in [0.05, 0.1) is 0 Å². The van der Waals surface area contributed by atoms with Gasteiger partial charge in [0.15, 0.2) is 11.5 Å². The maximum Gasteiger partial charge on any atom is 0.157 e. The minimum Gasteiger partial charge on any atom is -0.504 e. The van der Waals surface area contributed by atoms with Crippen LogP contribution in [0.3, 0.4) is 0 Å². The van der Waals surface area contributed by atoms with Crippen molar-refractivity contribution in [3.05, 3.63) is 23.3 Å². The summed E-state index contributed by atoms with van der Waals surface area (Å²) < 4.78 is 0. The van der Waals surface area contributed by atoms with Gasteiger partial charge < -0.3 is 15.1 Å². The molecule has 3 nitrogen and oxygen atoms in total. The molecule has 15 heavy (non-hydrogen) atoms. The monoisotopic (exact) mass is 273 g/mol. The highest BCUT2D eigenvalue weighted by Gasteiger charge is 2.24. The Bertz CT molecular complexity index is 335. The summed E-state index contributed by atoms with van der Waals surface area (Å²) in [6.45, 7) is 0. The Balaban J connectivity index is 0.00000112. The van der Waals surface area contributed by atoms with Crippen LogP contribution in [0.2, 0.25) is 0 Å². The van der Waals surface area contributed by atoms with Gasteiger partial charge in [0.1, 0.15) is 0 Å². The Hall–Kier alpha value is -0.740. The molecule has 0 amide bonds. The van der Waals surface area contributed by atoms with E-state index in [1.165, 1.54) is 0 Å².